The Morgan fingerprint density at radius 3 is 2.43 bits per heavy atom. The second-order valence-corrected chi connectivity index (χ2v) is 6.69. The van der Waals surface area contributed by atoms with Gasteiger partial charge < -0.3 is 20.1 Å². The summed E-state index contributed by atoms with van der Waals surface area (Å²) in [6.45, 7) is 1.18. The van der Waals surface area contributed by atoms with Gasteiger partial charge in [0.1, 0.15) is 5.82 Å². The van der Waals surface area contributed by atoms with E-state index < -0.39 is 0 Å². The fourth-order valence-corrected chi connectivity index (χ4v) is 3.33. The van der Waals surface area contributed by atoms with Gasteiger partial charge in [0.05, 0.1) is 14.2 Å². The van der Waals surface area contributed by atoms with Crippen LogP contribution in [0.5, 0.6) is 11.5 Å². The molecule has 3 rings (SSSR count). The Morgan fingerprint density at radius 2 is 1.82 bits per heavy atom. The van der Waals surface area contributed by atoms with E-state index in [1.165, 1.54) is 6.07 Å². The molecule has 0 atom stereocenters. The van der Waals surface area contributed by atoms with Crippen LogP contribution in [0, 0.1) is 5.82 Å². The number of halogens is 2. The highest BCUT2D eigenvalue weighted by Gasteiger charge is 2.45. The van der Waals surface area contributed by atoms with Crippen molar-refractivity contribution < 1.29 is 13.9 Å². The number of hydrogen-bond acceptors (Lipinski definition) is 3. The lowest BCUT2D eigenvalue weighted by atomic mass is 9.95. The van der Waals surface area contributed by atoms with Gasteiger partial charge in [-0.1, -0.05) is 30.3 Å². The normalized spacial score (nSPS) is 14.6. The van der Waals surface area contributed by atoms with Gasteiger partial charge in [-0.3, -0.25) is 4.99 Å². The number of guanidine groups is 1. The Hall–Kier alpha value is -2.03. The Balaban J connectivity index is 0.00000280. The largest absolute Gasteiger partial charge is 0.493 e. The molecule has 0 saturated heterocycles. The molecule has 0 unspecified atom stereocenters. The Kier molecular flexibility index (Phi) is 7.91. The molecule has 1 saturated carbocycles. The molecule has 1 aliphatic carbocycles. The molecule has 152 valence electrons. The first-order chi connectivity index (χ1) is 13.1. The molecule has 0 aliphatic heterocycles. The quantitative estimate of drug-likeness (QED) is 0.345. The van der Waals surface area contributed by atoms with Crippen LogP contribution < -0.4 is 20.1 Å². The zero-order valence-corrected chi connectivity index (χ0v) is 18.8. The van der Waals surface area contributed by atoms with Crippen LogP contribution in [0.4, 0.5) is 4.39 Å². The molecule has 2 aromatic carbocycles. The molecule has 0 heterocycles. The van der Waals surface area contributed by atoms with Crippen LogP contribution in [0.3, 0.4) is 0 Å². The van der Waals surface area contributed by atoms with Crippen molar-refractivity contribution in [2.45, 2.75) is 24.8 Å². The zero-order chi connectivity index (χ0) is 19.3. The molecule has 0 bridgehead atoms. The van der Waals surface area contributed by atoms with Crippen molar-refractivity contribution in [3.63, 3.8) is 0 Å². The molecular weight excluding hydrogens is 472 g/mol. The van der Waals surface area contributed by atoms with E-state index in [1.807, 2.05) is 30.3 Å². The average Bonchev–Trinajstić information content (AvgIpc) is 3.48. The van der Waals surface area contributed by atoms with Crippen LogP contribution in [0.15, 0.2) is 47.5 Å². The molecule has 1 aliphatic rings. The van der Waals surface area contributed by atoms with E-state index in [1.54, 1.807) is 27.3 Å². The predicted molar refractivity (Wildman–Crippen MR) is 120 cm³/mol. The van der Waals surface area contributed by atoms with E-state index in [4.69, 9.17) is 9.47 Å². The lowest BCUT2D eigenvalue weighted by molar-refractivity contribution is 0.351. The predicted octanol–water partition coefficient (Wildman–Crippen LogP) is 3.86. The third-order valence-electron chi connectivity index (χ3n) is 5.05. The second-order valence-electron chi connectivity index (χ2n) is 6.69. The van der Waals surface area contributed by atoms with Crippen molar-refractivity contribution in [1.82, 2.24) is 10.6 Å². The van der Waals surface area contributed by atoms with Crippen LogP contribution in [-0.4, -0.2) is 33.8 Å². The summed E-state index contributed by atoms with van der Waals surface area (Å²) in [6.07, 6.45) is 1.95. The smallest absolute Gasteiger partial charge is 0.191 e. The summed E-state index contributed by atoms with van der Waals surface area (Å²) in [6, 6.07) is 12.8. The molecular formula is C21H27FIN3O2. The van der Waals surface area contributed by atoms with Crippen molar-refractivity contribution >= 4 is 29.9 Å². The molecule has 7 heteroatoms. The molecule has 0 spiro atoms. The number of rotatable bonds is 7. The average molecular weight is 499 g/mol. The number of hydrogen-bond donors (Lipinski definition) is 2. The van der Waals surface area contributed by atoms with E-state index in [9.17, 15) is 4.39 Å². The number of nitrogens with zero attached hydrogens (tertiary/aromatic N) is 1. The van der Waals surface area contributed by atoms with E-state index in [-0.39, 0.29) is 35.2 Å². The lowest BCUT2D eigenvalue weighted by Crippen LogP contribution is -2.41. The second kappa shape index (κ2) is 9.95. The fraction of sp³-hybridized carbons (Fsp3) is 0.381. The summed E-state index contributed by atoms with van der Waals surface area (Å²) in [5.41, 5.74) is 1.61. The molecule has 2 N–H and O–H groups in total. The van der Waals surface area contributed by atoms with Crippen molar-refractivity contribution in [2.75, 3.05) is 27.8 Å². The van der Waals surface area contributed by atoms with Crippen molar-refractivity contribution in [3.05, 3.63) is 59.4 Å². The molecule has 0 radical (unpaired) electrons. The summed E-state index contributed by atoms with van der Waals surface area (Å²) in [7, 11) is 4.97. The third-order valence-corrected chi connectivity index (χ3v) is 5.05. The maximum absolute atomic E-state index is 14.2. The monoisotopic (exact) mass is 499 g/mol. The Morgan fingerprint density at radius 1 is 1.07 bits per heavy atom. The van der Waals surface area contributed by atoms with Crippen molar-refractivity contribution in [3.8, 4) is 11.5 Å². The summed E-state index contributed by atoms with van der Waals surface area (Å²) in [5.74, 6) is 1.92. The summed E-state index contributed by atoms with van der Waals surface area (Å²) >= 11 is 0. The number of aliphatic imine (C=N–C) groups is 1. The Bertz CT molecular complexity index is 825. The number of ether oxygens (including phenoxy) is 2. The van der Waals surface area contributed by atoms with Gasteiger partial charge in [-0.25, -0.2) is 4.39 Å². The first-order valence-corrected chi connectivity index (χ1v) is 9.03. The van der Waals surface area contributed by atoms with E-state index in [2.05, 4.69) is 15.6 Å². The van der Waals surface area contributed by atoms with Gasteiger partial charge in [0.25, 0.3) is 0 Å². The topological polar surface area (TPSA) is 54.9 Å². The minimum atomic E-state index is -0.142. The van der Waals surface area contributed by atoms with Gasteiger partial charge in [-0.2, -0.15) is 0 Å². The minimum absolute atomic E-state index is 0. The highest BCUT2D eigenvalue weighted by Crippen LogP contribution is 2.48. The zero-order valence-electron chi connectivity index (χ0n) is 16.4. The first kappa shape index (κ1) is 22.3. The first-order valence-electron chi connectivity index (χ1n) is 9.03. The van der Waals surface area contributed by atoms with E-state index >= 15 is 0 Å². The molecule has 5 nitrogen and oxygen atoms in total. The van der Waals surface area contributed by atoms with Gasteiger partial charge >= 0.3 is 0 Å². The molecule has 2 aromatic rings. The maximum atomic E-state index is 14.2. The van der Waals surface area contributed by atoms with Crippen LogP contribution in [0.25, 0.3) is 0 Å². The van der Waals surface area contributed by atoms with Crippen LogP contribution >= 0.6 is 24.0 Å². The molecule has 0 aromatic heterocycles. The standard InChI is InChI=1S/C21H26FN3O2.HI/c1-23-20(24-13-15-7-6-10-18(26-2)19(15)27-3)25-14-21(11-12-21)16-8-4-5-9-17(16)22;/h4-10H,11-14H2,1-3H3,(H2,23,24,25);1H. The molecule has 0 amide bonds. The fourth-order valence-electron chi connectivity index (χ4n) is 3.33. The Labute approximate surface area is 182 Å². The SMILES string of the molecule is CN=C(NCc1cccc(OC)c1OC)NCC1(c2ccccc2F)CC1.I. The highest BCUT2D eigenvalue weighted by atomic mass is 127. The number of para-hydroxylation sites is 1. The lowest BCUT2D eigenvalue weighted by Gasteiger charge is -2.20. The minimum Gasteiger partial charge on any atom is -0.493 e. The van der Waals surface area contributed by atoms with E-state index in [0.717, 1.165) is 24.0 Å². The molecule has 1 fully saturated rings. The summed E-state index contributed by atoms with van der Waals surface area (Å²) in [5, 5.41) is 6.62. The summed E-state index contributed by atoms with van der Waals surface area (Å²) < 4.78 is 25.0. The van der Waals surface area contributed by atoms with Gasteiger partial charge in [-0.05, 0) is 30.5 Å². The maximum Gasteiger partial charge on any atom is 0.191 e. The molecule has 28 heavy (non-hydrogen) atoms. The van der Waals surface area contributed by atoms with Gasteiger partial charge in [0.2, 0.25) is 0 Å². The number of benzene rings is 2. The van der Waals surface area contributed by atoms with Crippen molar-refractivity contribution in [1.29, 1.82) is 0 Å². The number of methoxy groups -OCH3 is 2. The van der Waals surface area contributed by atoms with E-state index in [0.29, 0.717) is 30.5 Å². The van der Waals surface area contributed by atoms with Gasteiger partial charge in [-0.15, -0.1) is 24.0 Å². The van der Waals surface area contributed by atoms with Crippen LogP contribution in [-0.2, 0) is 12.0 Å². The third kappa shape index (κ3) is 4.87. The number of nitrogens with one attached hydrogen (secondary N) is 2. The van der Waals surface area contributed by atoms with Gasteiger partial charge in [0, 0.05) is 31.1 Å². The highest BCUT2D eigenvalue weighted by molar-refractivity contribution is 14.0. The van der Waals surface area contributed by atoms with Crippen LogP contribution in [0.2, 0.25) is 0 Å². The van der Waals surface area contributed by atoms with Gasteiger partial charge in [0.15, 0.2) is 17.5 Å². The van der Waals surface area contributed by atoms with Crippen molar-refractivity contribution in [2.24, 2.45) is 4.99 Å². The summed E-state index contributed by atoms with van der Waals surface area (Å²) in [4.78, 5) is 4.28. The van der Waals surface area contributed by atoms with Crippen LogP contribution in [0.1, 0.15) is 24.0 Å².